The summed E-state index contributed by atoms with van der Waals surface area (Å²) in [5.74, 6) is 0.112. The predicted molar refractivity (Wildman–Crippen MR) is 39.4 cm³/mol. The van der Waals surface area contributed by atoms with Crippen LogP contribution in [0.25, 0.3) is 5.57 Å². The van der Waals surface area contributed by atoms with Gasteiger partial charge in [-0.2, -0.15) is 4.98 Å². The van der Waals surface area contributed by atoms with Gasteiger partial charge in [0.25, 0.3) is 0 Å². The van der Waals surface area contributed by atoms with E-state index in [9.17, 15) is 0 Å². The highest BCUT2D eigenvalue weighted by molar-refractivity contribution is 5.63. The molecule has 1 rings (SSSR count). The molecule has 0 radical (unpaired) electrons. The van der Waals surface area contributed by atoms with Gasteiger partial charge in [0.1, 0.15) is 5.69 Å². The molecule has 0 saturated heterocycles. The number of rotatable bonds is 1. The Morgan fingerprint density at radius 3 is 2.60 bits per heavy atom. The molecule has 1 aromatic rings. The summed E-state index contributed by atoms with van der Waals surface area (Å²) in [7, 11) is 0. The number of allylic oxidation sites excluding steroid dienone is 1. The molecule has 0 aliphatic heterocycles. The zero-order chi connectivity index (χ0) is 7.72. The number of hydrogen-bond donors (Lipinski definition) is 3. The van der Waals surface area contributed by atoms with Crippen LogP contribution in [0, 0.1) is 0 Å². The van der Waals surface area contributed by atoms with Gasteiger partial charge in [-0.3, -0.25) is 0 Å². The lowest BCUT2D eigenvalue weighted by Gasteiger charge is -1.91. The van der Waals surface area contributed by atoms with Crippen molar-refractivity contribution in [3.05, 3.63) is 12.3 Å². The van der Waals surface area contributed by atoms with Crippen molar-refractivity contribution in [3.8, 4) is 5.88 Å². The van der Waals surface area contributed by atoms with Gasteiger partial charge >= 0.3 is 0 Å². The van der Waals surface area contributed by atoms with E-state index >= 15 is 0 Å². The molecule has 0 fully saturated rings. The van der Waals surface area contributed by atoms with Crippen LogP contribution in [-0.2, 0) is 0 Å². The average molecular weight is 139 g/mol. The van der Waals surface area contributed by atoms with E-state index in [1.165, 1.54) is 0 Å². The van der Waals surface area contributed by atoms with Crippen LogP contribution >= 0.6 is 0 Å². The first-order chi connectivity index (χ1) is 4.61. The van der Waals surface area contributed by atoms with Gasteiger partial charge in [0, 0.05) is 0 Å². The smallest absolute Gasteiger partial charge is 0.238 e. The molecule has 0 aliphatic carbocycles. The summed E-state index contributed by atoms with van der Waals surface area (Å²) in [6, 6.07) is 0. The maximum absolute atomic E-state index is 9.02. The Bertz CT molecular complexity index is 264. The molecule has 1 aromatic heterocycles. The zero-order valence-corrected chi connectivity index (χ0v) is 5.68. The van der Waals surface area contributed by atoms with E-state index in [0.29, 0.717) is 11.3 Å². The Hall–Kier alpha value is -1.45. The molecule has 10 heavy (non-hydrogen) atoms. The highest BCUT2D eigenvalue weighted by Gasteiger charge is 2.05. The van der Waals surface area contributed by atoms with E-state index in [-0.39, 0.29) is 11.8 Å². The quantitative estimate of drug-likeness (QED) is 0.537. The molecule has 0 saturated carbocycles. The summed E-state index contributed by atoms with van der Waals surface area (Å²) >= 11 is 0. The summed E-state index contributed by atoms with van der Waals surface area (Å²) < 4.78 is 0. The fourth-order valence-corrected chi connectivity index (χ4v) is 0.679. The van der Waals surface area contributed by atoms with Crippen LogP contribution in [0.3, 0.4) is 0 Å². The maximum Gasteiger partial charge on any atom is 0.238 e. The average Bonchev–Trinajstić information content (AvgIpc) is 2.10. The minimum atomic E-state index is -0.0926. The fourth-order valence-electron chi connectivity index (χ4n) is 0.679. The van der Waals surface area contributed by atoms with Crippen LogP contribution in [0.5, 0.6) is 5.88 Å². The van der Waals surface area contributed by atoms with Crippen molar-refractivity contribution in [1.82, 2.24) is 9.97 Å². The summed E-state index contributed by atoms with van der Waals surface area (Å²) in [4.78, 5) is 6.21. The van der Waals surface area contributed by atoms with Crippen molar-refractivity contribution < 1.29 is 5.11 Å². The number of hydrogen-bond acceptors (Lipinski definition) is 3. The molecule has 4 nitrogen and oxygen atoms in total. The van der Waals surface area contributed by atoms with Crippen molar-refractivity contribution in [2.45, 2.75) is 6.92 Å². The first-order valence-corrected chi connectivity index (χ1v) is 2.81. The molecule has 0 aromatic carbocycles. The van der Waals surface area contributed by atoms with Crippen LogP contribution in [0.15, 0.2) is 6.58 Å². The molecule has 1 heterocycles. The molecule has 4 heteroatoms. The molecule has 0 atom stereocenters. The van der Waals surface area contributed by atoms with E-state index in [2.05, 4.69) is 16.5 Å². The Morgan fingerprint density at radius 2 is 2.40 bits per heavy atom. The molecule has 0 bridgehead atoms. The number of nitrogens with zero attached hydrogens (tertiary/aromatic N) is 1. The van der Waals surface area contributed by atoms with E-state index in [1.54, 1.807) is 6.92 Å². The van der Waals surface area contributed by atoms with Gasteiger partial charge < -0.3 is 15.8 Å². The molecule has 4 N–H and O–H groups in total. The van der Waals surface area contributed by atoms with Gasteiger partial charge in [0.2, 0.25) is 11.8 Å². The van der Waals surface area contributed by atoms with Gasteiger partial charge in [-0.1, -0.05) is 6.58 Å². The first kappa shape index (κ1) is 6.67. The van der Waals surface area contributed by atoms with Gasteiger partial charge in [-0.15, -0.1) is 0 Å². The van der Waals surface area contributed by atoms with Gasteiger partial charge in [-0.05, 0) is 12.5 Å². The van der Waals surface area contributed by atoms with Crippen molar-refractivity contribution in [2.24, 2.45) is 0 Å². The number of nitrogen functional groups attached to an aromatic ring is 1. The van der Waals surface area contributed by atoms with E-state index < -0.39 is 0 Å². The molecule has 54 valence electrons. The van der Waals surface area contributed by atoms with Crippen molar-refractivity contribution in [2.75, 3.05) is 5.73 Å². The first-order valence-electron chi connectivity index (χ1n) is 2.81. The van der Waals surface area contributed by atoms with E-state index in [4.69, 9.17) is 10.8 Å². The van der Waals surface area contributed by atoms with Crippen LogP contribution in [-0.4, -0.2) is 15.1 Å². The molecular formula is C6H9N3O. The maximum atomic E-state index is 9.02. The van der Waals surface area contributed by atoms with Crippen molar-refractivity contribution in [3.63, 3.8) is 0 Å². The molecule has 0 unspecified atom stereocenters. The number of H-pyrrole nitrogens is 1. The van der Waals surface area contributed by atoms with Crippen LogP contribution in [0.4, 0.5) is 5.95 Å². The lowest BCUT2D eigenvalue weighted by Crippen LogP contribution is -1.85. The van der Waals surface area contributed by atoms with Crippen molar-refractivity contribution >= 4 is 11.5 Å². The number of aromatic hydroxyl groups is 1. The van der Waals surface area contributed by atoms with Gasteiger partial charge in [-0.25, -0.2) is 0 Å². The molecule has 0 amide bonds. The monoisotopic (exact) mass is 139 g/mol. The van der Waals surface area contributed by atoms with Crippen molar-refractivity contribution in [1.29, 1.82) is 0 Å². The topological polar surface area (TPSA) is 74.9 Å². The zero-order valence-electron chi connectivity index (χ0n) is 5.68. The summed E-state index contributed by atoms with van der Waals surface area (Å²) in [5.41, 5.74) is 6.46. The second-order valence-electron chi connectivity index (χ2n) is 2.10. The third kappa shape index (κ3) is 0.953. The fraction of sp³-hybridized carbons (Fsp3) is 0.167. The SMILES string of the molecule is C=C(C)c1[nH]c(N)nc1O. The summed E-state index contributed by atoms with van der Waals surface area (Å²) in [6.07, 6.45) is 0. The lowest BCUT2D eigenvalue weighted by atomic mass is 10.3. The molecule has 0 spiro atoms. The largest absolute Gasteiger partial charge is 0.492 e. The summed E-state index contributed by atoms with van der Waals surface area (Å²) in [5, 5.41) is 9.02. The number of nitrogens with two attached hydrogens (primary N) is 1. The molecule has 0 aliphatic rings. The Kier molecular flexibility index (Phi) is 1.37. The van der Waals surface area contributed by atoms with Crippen LogP contribution in [0.1, 0.15) is 12.6 Å². The third-order valence-electron chi connectivity index (χ3n) is 1.13. The number of imidazole rings is 1. The Balaban J connectivity index is 3.15. The third-order valence-corrected chi connectivity index (χ3v) is 1.13. The predicted octanol–water partition coefficient (Wildman–Crippen LogP) is 0.731. The standard InChI is InChI=1S/C6H9N3O/c1-3(2)4-5(10)9-6(7)8-4/h10H,1H2,2H3,(H3,7,8,9). The minimum Gasteiger partial charge on any atom is -0.492 e. The Labute approximate surface area is 58.4 Å². The van der Waals surface area contributed by atoms with Crippen LogP contribution in [0.2, 0.25) is 0 Å². The van der Waals surface area contributed by atoms with E-state index in [0.717, 1.165) is 0 Å². The number of nitrogens with one attached hydrogen (secondary N) is 1. The lowest BCUT2D eigenvalue weighted by molar-refractivity contribution is 0.455. The second kappa shape index (κ2) is 2.06. The number of aromatic nitrogens is 2. The number of aromatic amines is 1. The summed E-state index contributed by atoms with van der Waals surface area (Å²) in [6.45, 7) is 5.37. The van der Waals surface area contributed by atoms with E-state index in [1.807, 2.05) is 0 Å². The highest BCUT2D eigenvalue weighted by atomic mass is 16.3. The highest BCUT2D eigenvalue weighted by Crippen LogP contribution is 2.20. The number of anilines is 1. The van der Waals surface area contributed by atoms with Crippen LogP contribution < -0.4 is 5.73 Å². The molecular weight excluding hydrogens is 130 g/mol. The Morgan fingerprint density at radius 1 is 1.80 bits per heavy atom. The van der Waals surface area contributed by atoms with Gasteiger partial charge in [0.15, 0.2) is 0 Å². The minimum absolute atomic E-state index is 0.0926. The second-order valence-corrected chi connectivity index (χ2v) is 2.10. The van der Waals surface area contributed by atoms with Gasteiger partial charge in [0.05, 0.1) is 0 Å². The normalized spacial score (nSPS) is 9.70.